The smallest absolute Gasteiger partial charge is 0.272 e. The van der Waals surface area contributed by atoms with Crippen LogP contribution in [0.5, 0.6) is 0 Å². The van der Waals surface area contributed by atoms with Crippen LogP contribution in [0.15, 0.2) is 52.5 Å². The van der Waals surface area contributed by atoms with E-state index in [1.165, 1.54) is 29.1 Å². The molecule has 0 aliphatic heterocycles. The van der Waals surface area contributed by atoms with Gasteiger partial charge < -0.3 is 4.57 Å². The fourth-order valence-corrected chi connectivity index (χ4v) is 1.63. The van der Waals surface area contributed by atoms with Crippen molar-refractivity contribution in [1.82, 2.24) is 9.99 Å². The minimum Gasteiger partial charge on any atom is -0.318 e. The Hall–Kier alpha value is -2.40. The van der Waals surface area contributed by atoms with E-state index < -0.39 is 0 Å². The fraction of sp³-hybridized carbons (Fsp3) is 0.0714. The van der Waals surface area contributed by atoms with E-state index in [-0.39, 0.29) is 11.5 Å². The first-order chi connectivity index (χ1) is 9.56. The number of benzene rings is 1. The van der Waals surface area contributed by atoms with Gasteiger partial charge in [-0.3, -0.25) is 9.59 Å². The molecular formula is C14H12ClN3O2. The number of pyridine rings is 1. The molecule has 0 saturated heterocycles. The molecule has 0 fully saturated rings. The Kier molecular flexibility index (Phi) is 4.32. The maximum absolute atomic E-state index is 11.8. The second kappa shape index (κ2) is 6.16. The van der Waals surface area contributed by atoms with Gasteiger partial charge in [0.2, 0.25) is 5.56 Å². The molecule has 1 aromatic carbocycles. The minimum absolute atomic E-state index is 0.175. The molecule has 2 rings (SSSR count). The Morgan fingerprint density at radius 2 is 1.95 bits per heavy atom. The second-order valence-corrected chi connectivity index (χ2v) is 4.55. The third-order valence-corrected chi connectivity index (χ3v) is 2.85. The molecule has 0 aliphatic rings. The Balaban J connectivity index is 2.03. The SMILES string of the molecule is Cn1cc(C(=O)N/N=C\c2ccc(Cl)cc2)ccc1=O. The van der Waals surface area contributed by atoms with Gasteiger partial charge in [-0.1, -0.05) is 23.7 Å². The van der Waals surface area contributed by atoms with Crippen LogP contribution in [0.4, 0.5) is 0 Å². The number of rotatable bonds is 3. The maximum atomic E-state index is 11.8. The summed E-state index contributed by atoms with van der Waals surface area (Å²) in [5.41, 5.74) is 3.39. The molecule has 0 atom stereocenters. The molecule has 2 aromatic rings. The number of carbonyl (C=O) groups is 1. The zero-order valence-electron chi connectivity index (χ0n) is 10.7. The van der Waals surface area contributed by atoms with E-state index in [1.807, 2.05) is 0 Å². The molecule has 1 amide bonds. The monoisotopic (exact) mass is 289 g/mol. The van der Waals surface area contributed by atoms with Crippen molar-refractivity contribution in [3.63, 3.8) is 0 Å². The molecule has 0 spiro atoms. The summed E-state index contributed by atoms with van der Waals surface area (Å²) in [7, 11) is 1.58. The van der Waals surface area contributed by atoms with Crippen molar-refractivity contribution < 1.29 is 4.79 Å². The molecule has 20 heavy (non-hydrogen) atoms. The number of hydrogen-bond donors (Lipinski definition) is 1. The van der Waals surface area contributed by atoms with Crippen LogP contribution in [0.2, 0.25) is 5.02 Å². The summed E-state index contributed by atoms with van der Waals surface area (Å²) < 4.78 is 1.33. The number of hydrazone groups is 1. The average molecular weight is 290 g/mol. The fourth-order valence-electron chi connectivity index (χ4n) is 1.51. The predicted molar refractivity (Wildman–Crippen MR) is 78.2 cm³/mol. The van der Waals surface area contributed by atoms with Crippen molar-refractivity contribution in [2.45, 2.75) is 0 Å². The van der Waals surface area contributed by atoms with Gasteiger partial charge in [0.15, 0.2) is 0 Å². The van der Waals surface area contributed by atoms with Gasteiger partial charge in [-0.25, -0.2) is 5.43 Å². The number of aromatic nitrogens is 1. The Bertz CT molecular complexity index is 705. The number of hydrogen-bond acceptors (Lipinski definition) is 3. The van der Waals surface area contributed by atoms with Gasteiger partial charge in [-0.05, 0) is 23.8 Å². The van der Waals surface area contributed by atoms with Crippen molar-refractivity contribution in [3.8, 4) is 0 Å². The van der Waals surface area contributed by atoms with Crippen molar-refractivity contribution in [2.75, 3.05) is 0 Å². The summed E-state index contributed by atoms with van der Waals surface area (Å²) in [5.74, 6) is -0.384. The number of nitrogens with one attached hydrogen (secondary N) is 1. The van der Waals surface area contributed by atoms with E-state index in [2.05, 4.69) is 10.5 Å². The Morgan fingerprint density at radius 3 is 2.60 bits per heavy atom. The lowest BCUT2D eigenvalue weighted by Gasteiger charge is -2.01. The lowest BCUT2D eigenvalue weighted by molar-refractivity contribution is 0.0954. The van der Waals surface area contributed by atoms with Crippen LogP contribution in [0.3, 0.4) is 0 Å². The molecule has 0 saturated carbocycles. The van der Waals surface area contributed by atoms with E-state index in [4.69, 9.17) is 11.6 Å². The maximum Gasteiger partial charge on any atom is 0.272 e. The minimum atomic E-state index is -0.384. The summed E-state index contributed by atoms with van der Waals surface area (Å²) in [6, 6.07) is 9.82. The largest absolute Gasteiger partial charge is 0.318 e. The van der Waals surface area contributed by atoms with E-state index in [0.717, 1.165) is 5.56 Å². The van der Waals surface area contributed by atoms with Crippen LogP contribution >= 0.6 is 11.6 Å². The lowest BCUT2D eigenvalue weighted by Crippen LogP contribution is -2.22. The highest BCUT2D eigenvalue weighted by molar-refractivity contribution is 6.30. The van der Waals surface area contributed by atoms with Crippen molar-refractivity contribution >= 4 is 23.7 Å². The summed E-state index contributed by atoms with van der Waals surface area (Å²) in [4.78, 5) is 23.0. The number of halogens is 1. The quantitative estimate of drug-likeness (QED) is 0.692. The lowest BCUT2D eigenvalue weighted by atomic mass is 10.2. The van der Waals surface area contributed by atoms with Gasteiger partial charge in [0, 0.05) is 24.3 Å². The highest BCUT2D eigenvalue weighted by Gasteiger charge is 2.04. The molecule has 1 N–H and O–H groups in total. The van der Waals surface area contributed by atoms with Crippen LogP contribution in [0.1, 0.15) is 15.9 Å². The van der Waals surface area contributed by atoms with E-state index in [9.17, 15) is 9.59 Å². The normalized spacial score (nSPS) is 10.7. The average Bonchev–Trinajstić information content (AvgIpc) is 2.44. The van der Waals surface area contributed by atoms with Crippen LogP contribution in [0, 0.1) is 0 Å². The van der Waals surface area contributed by atoms with Gasteiger partial charge in [-0.15, -0.1) is 0 Å². The summed E-state index contributed by atoms with van der Waals surface area (Å²) in [6.45, 7) is 0. The van der Waals surface area contributed by atoms with Crippen molar-refractivity contribution in [1.29, 1.82) is 0 Å². The first-order valence-electron chi connectivity index (χ1n) is 5.82. The van der Waals surface area contributed by atoms with E-state index in [0.29, 0.717) is 10.6 Å². The number of aryl methyl sites for hydroxylation is 1. The Labute approximate surface area is 120 Å². The van der Waals surface area contributed by atoms with Crippen LogP contribution < -0.4 is 11.0 Å². The molecule has 0 unspecified atom stereocenters. The summed E-state index contributed by atoms with van der Waals surface area (Å²) >= 11 is 5.76. The van der Waals surface area contributed by atoms with Crippen LogP contribution in [-0.4, -0.2) is 16.7 Å². The third kappa shape index (κ3) is 3.55. The highest BCUT2D eigenvalue weighted by Crippen LogP contribution is 2.07. The predicted octanol–water partition coefficient (Wildman–Crippen LogP) is 1.80. The molecule has 1 aromatic heterocycles. The molecule has 102 valence electrons. The van der Waals surface area contributed by atoms with Gasteiger partial charge in [0.1, 0.15) is 0 Å². The van der Waals surface area contributed by atoms with Gasteiger partial charge in [0.05, 0.1) is 11.8 Å². The summed E-state index contributed by atoms with van der Waals surface area (Å²) in [5, 5.41) is 4.48. The third-order valence-electron chi connectivity index (χ3n) is 2.60. The Morgan fingerprint density at radius 1 is 1.25 bits per heavy atom. The first-order valence-corrected chi connectivity index (χ1v) is 6.20. The molecule has 6 heteroatoms. The second-order valence-electron chi connectivity index (χ2n) is 4.12. The topological polar surface area (TPSA) is 63.5 Å². The highest BCUT2D eigenvalue weighted by atomic mass is 35.5. The zero-order chi connectivity index (χ0) is 14.5. The first kappa shape index (κ1) is 14.0. The number of nitrogens with zero attached hydrogens (tertiary/aromatic N) is 2. The number of carbonyl (C=O) groups excluding carboxylic acids is 1. The van der Waals surface area contributed by atoms with E-state index >= 15 is 0 Å². The molecular weight excluding hydrogens is 278 g/mol. The molecule has 1 heterocycles. The van der Waals surface area contributed by atoms with Crippen LogP contribution in [-0.2, 0) is 7.05 Å². The van der Waals surface area contributed by atoms with Gasteiger partial charge in [-0.2, -0.15) is 5.10 Å². The van der Waals surface area contributed by atoms with Crippen molar-refractivity contribution in [2.24, 2.45) is 12.1 Å². The summed E-state index contributed by atoms with van der Waals surface area (Å²) in [6.07, 6.45) is 2.96. The van der Waals surface area contributed by atoms with Gasteiger partial charge in [0.25, 0.3) is 5.91 Å². The molecule has 0 radical (unpaired) electrons. The molecule has 0 aliphatic carbocycles. The van der Waals surface area contributed by atoms with E-state index in [1.54, 1.807) is 31.3 Å². The van der Waals surface area contributed by atoms with Crippen LogP contribution in [0.25, 0.3) is 0 Å². The number of amides is 1. The van der Waals surface area contributed by atoms with Crippen molar-refractivity contribution in [3.05, 3.63) is 69.1 Å². The molecule has 5 nitrogen and oxygen atoms in total. The standard InChI is InChI=1S/C14H12ClN3O2/c1-18-9-11(4-7-13(18)19)14(20)17-16-8-10-2-5-12(15)6-3-10/h2-9H,1H3,(H,17,20)/b16-8-. The van der Waals surface area contributed by atoms with Gasteiger partial charge >= 0.3 is 0 Å². The zero-order valence-corrected chi connectivity index (χ0v) is 11.5. The molecule has 0 bridgehead atoms.